The molecule has 1 unspecified atom stereocenters. The lowest BCUT2D eigenvalue weighted by Crippen LogP contribution is -2.12. The summed E-state index contributed by atoms with van der Waals surface area (Å²) in [5.74, 6) is 0.898. The lowest BCUT2D eigenvalue weighted by molar-refractivity contribution is -0.115. The van der Waals surface area contributed by atoms with Crippen molar-refractivity contribution in [1.82, 2.24) is 0 Å². The van der Waals surface area contributed by atoms with Gasteiger partial charge in [-0.25, -0.2) is 4.39 Å². The van der Waals surface area contributed by atoms with E-state index in [1.807, 2.05) is 0 Å². The Balaban J connectivity index is 1.58. The summed E-state index contributed by atoms with van der Waals surface area (Å²) in [5, 5.41) is 13.1. The molecule has 0 fully saturated rings. The molecule has 130 valence electrons. The fourth-order valence-electron chi connectivity index (χ4n) is 2.94. The molecule has 3 rings (SSSR count). The van der Waals surface area contributed by atoms with Gasteiger partial charge in [-0.05, 0) is 55.0 Å². The fourth-order valence-corrected chi connectivity index (χ4v) is 5.17. The summed E-state index contributed by atoms with van der Waals surface area (Å²) >= 11 is 3.06. The van der Waals surface area contributed by atoms with Gasteiger partial charge < -0.3 is 5.32 Å². The number of halogens is 1. The Morgan fingerprint density at radius 3 is 2.92 bits per heavy atom. The summed E-state index contributed by atoms with van der Waals surface area (Å²) in [5.41, 5.74) is 1.77. The molecule has 6 heteroatoms. The molecule has 1 atom stereocenters. The van der Waals surface area contributed by atoms with Crippen molar-refractivity contribution < 1.29 is 9.18 Å². The number of nitriles is 1. The number of hydrogen-bond donors (Lipinski definition) is 1. The number of nitrogens with one attached hydrogen (secondary N) is 1. The monoisotopic (exact) mass is 374 g/mol. The van der Waals surface area contributed by atoms with Crippen molar-refractivity contribution in [2.45, 2.75) is 37.5 Å². The van der Waals surface area contributed by atoms with Gasteiger partial charge in [0.2, 0.25) is 5.91 Å². The van der Waals surface area contributed by atoms with Gasteiger partial charge in [0.25, 0.3) is 0 Å². The van der Waals surface area contributed by atoms with Crippen LogP contribution < -0.4 is 5.32 Å². The molecule has 1 heterocycles. The zero-order valence-corrected chi connectivity index (χ0v) is 15.6. The Bertz CT molecular complexity index is 808. The van der Waals surface area contributed by atoms with Gasteiger partial charge >= 0.3 is 0 Å². The highest BCUT2D eigenvalue weighted by molar-refractivity contribution is 7.99. The van der Waals surface area contributed by atoms with Crippen LogP contribution in [0.5, 0.6) is 0 Å². The van der Waals surface area contributed by atoms with Crippen molar-refractivity contribution in [1.29, 1.82) is 5.26 Å². The van der Waals surface area contributed by atoms with Crippen LogP contribution in [0.25, 0.3) is 0 Å². The van der Waals surface area contributed by atoms with E-state index >= 15 is 0 Å². The highest BCUT2D eigenvalue weighted by Crippen LogP contribution is 2.39. The standard InChI is InChI=1S/C19H19FN2OS2/c1-12-2-7-15-16(11-21)19(25-17(15)10-12)22-18(23)8-9-24-14-5-3-13(20)4-6-14/h3-6,12H,2,7-10H2,1H3,(H,22,23). The minimum atomic E-state index is -0.262. The average molecular weight is 375 g/mol. The number of carbonyl (C=O) groups excluding carboxylic acids is 1. The first kappa shape index (κ1) is 18.0. The van der Waals surface area contributed by atoms with E-state index in [1.54, 1.807) is 23.5 Å². The second-order valence-electron chi connectivity index (χ2n) is 6.27. The number of amides is 1. The van der Waals surface area contributed by atoms with Crippen LogP contribution in [-0.2, 0) is 17.6 Å². The van der Waals surface area contributed by atoms with Gasteiger partial charge in [0.05, 0.1) is 5.56 Å². The second kappa shape index (κ2) is 8.03. The largest absolute Gasteiger partial charge is 0.317 e. The number of thioether (sulfide) groups is 1. The van der Waals surface area contributed by atoms with Crippen molar-refractivity contribution in [3.8, 4) is 6.07 Å². The molecule has 0 spiro atoms. The first-order chi connectivity index (χ1) is 12.1. The Morgan fingerprint density at radius 2 is 2.20 bits per heavy atom. The third-order valence-corrected chi connectivity index (χ3v) is 6.47. The topological polar surface area (TPSA) is 52.9 Å². The Labute approximate surface area is 155 Å². The molecule has 1 amide bonds. The summed E-state index contributed by atoms with van der Waals surface area (Å²) < 4.78 is 12.9. The van der Waals surface area contributed by atoms with Gasteiger partial charge in [0, 0.05) is 21.9 Å². The molecule has 0 bridgehead atoms. The van der Waals surface area contributed by atoms with E-state index in [4.69, 9.17) is 0 Å². The fraction of sp³-hybridized carbons (Fsp3) is 0.368. The van der Waals surface area contributed by atoms with Gasteiger partial charge in [-0.15, -0.1) is 23.1 Å². The quantitative estimate of drug-likeness (QED) is 0.749. The van der Waals surface area contributed by atoms with Crippen LogP contribution in [0.15, 0.2) is 29.2 Å². The van der Waals surface area contributed by atoms with E-state index < -0.39 is 0 Å². The maximum Gasteiger partial charge on any atom is 0.225 e. The van der Waals surface area contributed by atoms with Crippen LogP contribution in [-0.4, -0.2) is 11.7 Å². The number of benzene rings is 1. The Morgan fingerprint density at radius 1 is 1.44 bits per heavy atom. The van der Waals surface area contributed by atoms with Gasteiger partial charge in [0.15, 0.2) is 0 Å². The van der Waals surface area contributed by atoms with E-state index in [1.165, 1.54) is 28.8 Å². The smallest absolute Gasteiger partial charge is 0.225 e. The summed E-state index contributed by atoms with van der Waals surface area (Å²) in [6.45, 7) is 2.22. The maximum atomic E-state index is 12.9. The predicted molar refractivity (Wildman–Crippen MR) is 101 cm³/mol. The number of fused-ring (bicyclic) bond motifs is 1. The highest BCUT2D eigenvalue weighted by atomic mass is 32.2. The summed E-state index contributed by atoms with van der Waals surface area (Å²) in [6, 6.07) is 8.51. The minimum Gasteiger partial charge on any atom is -0.317 e. The lowest BCUT2D eigenvalue weighted by Gasteiger charge is -2.17. The molecule has 1 aromatic carbocycles. The molecule has 0 aliphatic heterocycles. The van der Waals surface area contributed by atoms with Crippen molar-refractivity contribution >= 4 is 34.0 Å². The summed E-state index contributed by atoms with van der Waals surface area (Å²) in [7, 11) is 0. The molecule has 1 aliphatic carbocycles. The third kappa shape index (κ3) is 4.42. The van der Waals surface area contributed by atoms with Crippen LogP contribution in [0, 0.1) is 23.1 Å². The SMILES string of the molecule is CC1CCc2c(sc(NC(=O)CCSc3ccc(F)cc3)c2C#N)C1. The second-order valence-corrected chi connectivity index (χ2v) is 8.54. The van der Waals surface area contributed by atoms with Gasteiger partial charge in [-0.3, -0.25) is 4.79 Å². The van der Waals surface area contributed by atoms with E-state index in [9.17, 15) is 14.4 Å². The molecule has 0 saturated heterocycles. The van der Waals surface area contributed by atoms with E-state index in [0.717, 1.165) is 29.7 Å². The molecular formula is C19H19FN2OS2. The van der Waals surface area contributed by atoms with Crippen molar-refractivity contribution in [3.05, 3.63) is 46.1 Å². The molecule has 25 heavy (non-hydrogen) atoms. The number of carbonyl (C=O) groups is 1. The van der Waals surface area contributed by atoms with Crippen molar-refractivity contribution in [2.75, 3.05) is 11.1 Å². The molecule has 1 N–H and O–H groups in total. The maximum absolute atomic E-state index is 12.9. The number of nitrogens with zero attached hydrogens (tertiary/aromatic N) is 1. The molecule has 3 nitrogen and oxygen atoms in total. The molecule has 2 aromatic rings. The first-order valence-corrected chi connectivity index (χ1v) is 10.1. The van der Waals surface area contributed by atoms with E-state index in [0.29, 0.717) is 28.7 Å². The summed E-state index contributed by atoms with van der Waals surface area (Å²) in [4.78, 5) is 14.4. The number of hydrogen-bond acceptors (Lipinski definition) is 4. The summed E-state index contributed by atoms with van der Waals surface area (Å²) in [6.07, 6.45) is 3.36. The number of anilines is 1. The van der Waals surface area contributed by atoms with Crippen molar-refractivity contribution in [2.24, 2.45) is 5.92 Å². The molecule has 1 aromatic heterocycles. The molecule has 0 radical (unpaired) electrons. The van der Waals surface area contributed by atoms with Crippen molar-refractivity contribution in [3.63, 3.8) is 0 Å². The van der Waals surface area contributed by atoms with Crippen LogP contribution in [0.4, 0.5) is 9.39 Å². The molecular weight excluding hydrogens is 355 g/mol. The van der Waals surface area contributed by atoms with Crippen LogP contribution in [0.2, 0.25) is 0 Å². The average Bonchev–Trinajstić information content (AvgIpc) is 2.92. The van der Waals surface area contributed by atoms with Crippen LogP contribution in [0.3, 0.4) is 0 Å². The van der Waals surface area contributed by atoms with Crippen LogP contribution in [0.1, 0.15) is 35.8 Å². The Hall–Kier alpha value is -1.84. The van der Waals surface area contributed by atoms with Gasteiger partial charge in [-0.1, -0.05) is 6.92 Å². The predicted octanol–water partition coefficient (Wildman–Crippen LogP) is 5.00. The first-order valence-electron chi connectivity index (χ1n) is 8.29. The van der Waals surface area contributed by atoms with E-state index in [2.05, 4.69) is 18.3 Å². The zero-order chi connectivity index (χ0) is 17.8. The minimum absolute atomic E-state index is 0.0854. The Kier molecular flexibility index (Phi) is 5.77. The third-order valence-electron chi connectivity index (χ3n) is 4.29. The highest BCUT2D eigenvalue weighted by Gasteiger charge is 2.24. The number of thiophene rings is 1. The molecule has 0 saturated carbocycles. The van der Waals surface area contributed by atoms with Gasteiger partial charge in [0.1, 0.15) is 16.9 Å². The van der Waals surface area contributed by atoms with E-state index in [-0.39, 0.29) is 11.7 Å². The van der Waals surface area contributed by atoms with Gasteiger partial charge in [-0.2, -0.15) is 5.26 Å². The van der Waals surface area contributed by atoms with Crippen LogP contribution >= 0.6 is 23.1 Å². The normalized spacial score (nSPS) is 16.1. The number of rotatable bonds is 5. The lowest BCUT2D eigenvalue weighted by atomic mass is 9.89. The molecule has 1 aliphatic rings. The zero-order valence-electron chi connectivity index (χ0n) is 14.0.